The van der Waals surface area contributed by atoms with Gasteiger partial charge < -0.3 is 10.1 Å². The molecule has 2 nitrogen and oxygen atoms in total. The van der Waals surface area contributed by atoms with Crippen LogP contribution in [0.3, 0.4) is 0 Å². The van der Waals surface area contributed by atoms with Crippen molar-refractivity contribution in [1.29, 1.82) is 0 Å². The molecule has 0 bridgehead atoms. The van der Waals surface area contributed by atoms with E-state index in [-0.39, 0.29) is 0 Å². The average Bonchev–Trinajstić information content (AvgIpc) is 2.91. The first-order valence-corrected chi connectivity index (χ1v) is 7.00. The van der Waals surface area contributed by atoms with Gasteiger partial charge in [0.05, 0.1) is 6.61 Å². The van der Waals surface area contributed by atoms with Crippen LogP contribution >= 0.6 is 11.3 Å². The van der Waals surface area contributed by atoms with Crippen molar-refractivity contribution >= 4 is 11.3 Å². The molecule has 2 heterocycles. The molecule has 0 saturated carbocycles. The Morgan fingerprint density at radius 1 is 1.56 bits per heavy atom. The quantitative estimate of drug-likeness (QED) is 0.852. The fourth-order valence-electron chi connectivity index (χ4n) is 2.24. The second-order valence-electron chi connectivity index (χ2n) is 4.50. The van der Waals surface area contributed by atoms with Crippen molar-refractivity contribution in [3.05, 3.63) is 21.9 Å². The van der Waals surface area contributed by atoms with Crippen molar-refractivity contribution in [2.24, 2.45) is 5.92 Å². The molecule has 1 aromatic rings. The molecule has 1 saturated heterocycles. The zero-order chi connectivity index (χ0) is 11.4. The van der Waals surface area contributed by atoms with E-state index in [0.717, 1.165) is 19.8 Å². The Labute approximate surface area is 102 Å². The third-order valence-corrected chi connectivity index (χ3v) is 4.20. The molecule has 3 heteroatoms. The number of nitrogens with one attached hydrogen (secondary N) is 1. The standard InChI is InChI=1S/C13H21NOS/c1-3-7-14-13(11-6-8-15-9-11)12-5-4-10(2)16-12/h4-5,11,13-14H,3,6-9H2,1-2H3. The number of ether oxygens (including phenoxy) is 1. The number of rotatable bonds is 5. The lowest BCUT2D eigenvalue weighted by atomic mass is 9.97. The zero-order valence-corrected chi connectivity index (χ0v) is 11.0. The van der Waals surface area contributed by atoms with E-state index >= 15 is 0 Å². The molecule has 1 fully saturated rings. The number of aryl methyl sites for hydroxylation is 1. The van der Waals surface area contributed by atoms with Gasteiger partial charge in [0, 0.05) is 28.3 Å². The molecule has 2 unspecified atom stereocenters. The molecule has 0 spiro atoms. The maximum Gasteiger partial charge on any atom is 0.0513 e. The molecule has 90 valence electrons. The number of hydrogen-bond acceptors (Lipinski definition) is 3. The van der Waals surface area contributed by atoms with Crippen LogP contribution in [-0.4, -0.2) is 19.8 Å². The van der Waals surface area contributed by atoms with Crippen LogP contribution in [0.4, 0.5) is 0 Å². The Morgan fingerprint density at radius 2 is 2.44 bits per heavy atom. The zero-order valence-electron chi connectivity index (χ0n) is 10.2. The van der Waals surface area contributed by atoms with Crippen LogP contribution in [0.1, 0.15) is 35.6 Å². The van der Waals surface area contributed by atoms with Crippen molar-refractivity contribution in [2.45, 2.75) is 32.7 Å². The van der Waals surface area contributed by atoms with Crippen molar-refractivity contribution < 1.29 is 4.74 Å². The number of thiophene rings is 1. The summed E-state index contributed by atoms with van der Waals surface area (Å²) in [6, 6.07) is 4.99. The van der Waals surface area contributed by atoms with Crippen LogP contribution in [0.15, 0.2) is 12.1 Å². The minimum absolute atomic E-state index is 0.501. The third-order valence-electron chi connectivity index (χ3n) is 3.12. The maximum absolute atomic E-state index is 5.51. The second-order valence-corrected chi connectivity index (χ2v) is 5.82. The van der Waals surface area contributed by atoms with Gasteiger partial charge in [-0.25, -0.2) is 0 Å². The molecule has 0 aromatic carbocycles. The first kappa shape index (κ1) is 12.1. The van der Waals surface area contributed by atoms with Gasteiger partial charge in [0.2, 0.25) is 0 Å². The van der Waals surface area contributed by atoms with E-state index in [1.54, 1.807) is 0 Å². The molecule has 16 heavy (non-hydrogen) atoms. The normalized spacial score (nSPS) is 22.5. The number of hydrogen-bond donors (Lipinski definition) is 1. The van der Waals surface area contributed by atoms with Crippen LogP contribution in [0.2, 0.25) is 0 Å². The van der Waals surface area contributed by atoms with E-state index in [1.165, 1.54) is 22.6 Å². The SMILES string of the molecule is CCCNC(c1ccc(C)s1)C1CCOC1. The summed E-state index contributed by atoms with van der Waals surface area (Å²) in [4.78, 5) is 2.87. The lowest BCUT2D eigenvalue weighted by Gasteiger charge is -2.22. The molecule has 0 radical (unpaired) electrons. The molecule has 2 rings (SSSR count). The van der Waals surface area contributed by atoms with Crippen LogP contribution in [0, 0.1) is 12.8 Å². The van der Waals surface area contributed by atoms with Crippen molar-refractivity contribution in [2.75, 3.05) is 19.8 Å². The lowest BCUT2D eigenvalue weighted by molar-refractivity contribution is 0.177. The Morgan fingerprint density at radius 3 is 3.00 bits per heavy atom. The highest BCUT2D eigenvalue weighted by molar-refractivity contribution is 7.12. The summed E-state index contributed by atoms with van der Waals surface area (Å²) in [6.07, 6.45) is 2.38. The van der Waals surface area contributed by atoms with Crippen LogP contribution in [0.25, 0.3) is 0 Å². The molecule has 1 aliphatic rings. The van der Waals surface area contributed by atoms with Crippen LogP contribution in [0.5, 0.6) is 0 Å². The van der Waals surface area contributed by atoms with Crippen LogP contribution < -0.4 is 5.32 Å². The Hall–Kier alpha value is -0.380. The monoisotopic (exact) mass is 239 g/mol. The van der Waals surface area contributed by atoms with Gasteiger partial charge in [-0.2, -0.15) is 0 Å². The molecular formula is C13H21NOS. The summed E-state index contributed by atoms with van der Waals surface area (Å²) >= 11 is 1.92. The van der Waals surface area contributed by atoms with Gasteiger partial charge in [0.25, 0.3) is 0 Å². The first-order valence-electron chi connectivity index (χ1n) is 6.18. The molecule has 0 amide bonds. The highest BCUT2D eigenvalue weighted by Crippen LogP contribution is 2.32. The molecule has 1 aliphatic heterocycles. The minimum atomic E-state index is 0.501. The largest absolute Gasteiger partial charge is 0.381 e. The molecule has 1 N–H and O–H groups in total. The highest BCUT2D eigenvalue weighted by atomic mass is 32.1. The first-order chi connectivity index (χ1) is 7.81. The van der Waals surface area contributed by atoms with Gasteiger partial charge >= 0.3 is 0 Å². The van der Waals surface area contributed by atoms with Gasteiger partial charge in [0.1, 0.15) is 0 Å². The summed E-state index contributed by atoms with van der Waals surface area (Å²) in [5.41, 5.74) is 0. The third kappa shape index (κ3) is 2.84. The maximum atomic E-state index is 5.51. The van der Waals surface area contributed by atoms with Gasteiger partial charge in [-0.3, -0.25) is 0 Å². The summed E-state index contributed by atoms with van der Waals surface area (Å²) in [7, 11) is 0. The second kappa shape index (κ2) is 5.80. The van der Waals surface area contributed by atoms with Gasteiger partial charge in [-0.1, -0.05) is 6.92 Å². The molecule has 0 aliphatic carbocycles. The van der Waals surface area contributed by atoms with E-state index in [2.05, 4.69) is 31.3 Å². The highest BCUT2D eigenvalue weighted by Gasteiger charge is 2.27. The molecule has 2 atom stereocenters. The van der Waals surface area contributed by atoms with E-state index in [9.17, 15) is 0 Å². The van der Waals surface area contributed by atoms with Crippen molar-refractivity contribution in [3.63, 3.8) is 0 Å². The Balaban J connectivity index is 2.06. The predicted molar refractivity (Wildman–Crippen MR) is 69.0 cm³/mol. The van der Waals surface area contributed by atoms with E-state index in [1.807, 2.05) is 11.3 Å². The van der Waals surface area contributed by atoms with E-state index < -0.39 is 0 Å². The average molecular weight is 239 g/mol. The van der Waals surface area contributed by atoms with Crippen molar-refractivity contribution in [1.82, 2.24) is 5.32 Å². The predicted octanol–water partition coefficient (Wildman–Crippen LogP) is 3.13. The fraction of sp³-hybridized carbons (Fsp3) is 0.692. The van der Waals surface area contributed by atoms with Gasteiger partial charge in [-0.05, 0) is 38.4 Å². The summed E-state index contributed by atoms with van der Waals surface area (Å²) in [5.74, 6) is 0.657. The van der Waals surface area contributed by atoms with E-state index in [0.29, 0.717) is 12.0 Å². The minimum Gasteiger partial charge on any atom is -0.381 e. The molecule has 1 aromatic heterocycles. The Kier molecular flexibility index (Phi) is 4.38. The fourth-order valence-corrected chi connectivity index (χ4v) is 3.28. The summed E-state index contributed by atoms with van der Waals surface area (Å²) in [6.45, 7) is 7.33. The van der Waals surface area contributed by atoms with Gasteiger partial charge in [0.15, 0.2) is 0 Å². The summed E-state index contributed by atoms with van der Waals surface area (Å²) in [5, 5.41) is 3.67. The topological polar surface area (TPSA) is 21.3 Å². The van der Waals surface area contributed by atoms with Crippen molar-refractivity contribution in [3.8, 4) is 0 Å². The van der Waals surface area contributed by atoms with E-state index in [4.69, 9.17) is 4.74 Å². The lowest BCUT2D eigenvalue weighted by Crippen LogP contribution is -2.28. The smallest absolute Gasteiger partial charge is 0.0513 e. The van der Waals surface area contributed by atoms with Gasteiger partial charge in [-0.15, -0.1) is 11.3 Å². The Bertz CT molecular complexity index is 317. The summed E-state index contributed by atoms with van der Waals surface area (Å²) < 4.78 is 5.51. The molecular weight excluding hydrogens is 218 g/mol. The van der Waals surface area contributed by atoms with Crippen LogP contribution in [-0.2, 0) is 4.74 Å².